The molecule has 1 N–H and O–H groups in total. The van der Waals surface area contributed by atoms with Crippen molar-refractivity contribution in [3.05, 3.63) is 48.0 Å². The number of nitrogens with one attached hydrogen (secondary N) is 1. The van der Waals surface area contributed by atoms with Crippen molar-refractivity contribution in [3.63, 3.8) is 0 Å². The van der Waals surface area contributed by atoms with Crippen LogP contribution in [0.2, 0.25) is 0 Å². The van der Waals surface area contributed by atoms with E-state index in [2.05, 4.69) is 12.2 Å². The molecule has 2 amide bonds. The third-order valence-electron chi connectivity index (χ3n) is 5.86. The highest BCUT2D eigenvalue weighted by Crippen LogP contribution is 2.42. The van der Waals surface area contributed by atoms with Crippen LogP contribution >= 0.6 is 0 Å². The number of carbonyl (C=O) groups is 2. The van der Waals surface area contributed by atoms with Gasteiger partial charge in [-0.3, -0.25) is 9.59 Å². The van der Waals surface area contributed by atoms with Gasteiger partial charge >= 0.3 is 0 Å². The van der Waals surface area contributed by atoms with Gasteiger partial charge in [-0.15, -0.1) is 0 Å². The fourth-order valence-corrected chi connectivity index (χ4v) is 4.15. The molecule has 3 rings (SSSR count). The third kappa shape index (κ3) is 4.98. The molecule has 1 aliphatic heterocycles. The molecule has 0 bridgehead atoms. The molecule has 0 saturated carbocycles. The molecular formula is C25H32N2O5. The molecule has 2 aromatic rings. The van der Waals surface area contributed by atoms with Gasteiger partial charge in [0.2, 0.25) is 11.8 Å². The van der Waals surface area contributed by atoms with Gasteiger partial charge in [-0.2, -0.15) is 0 Å². The third-order valence-corrected chi connectivity index (χ3v) is 5.86. The molecule has 1 fully saturated rings. The Morgan fingerprint density at radius 1 is 1.03 bits per heavy atom. The van der Waals surface area contributed by atoms with E-state index >= 15 is 0 Å². The molecule has 7 heteroatoms. The monoisotopic (exact) mass is 440 g/mol. The largest absolute Gasteiger partial charge is 0.497 e. The van der Waals surface area contributed by atoms with Crippen molar-refractivity contribution < 1.29 is 23.8 Å². The Kier molecular flexibility index (Phi) is 7.98. The fraction of sp³-hybridized carbons (Fsp3) is 0.440. The summed E-state index contributed by atoms with van der Waals surface area (Å²) in [6.07, 6.45) is 2.71. The molecule has 1 saturated heterocycles. The summed E-state index contributed by atoms with van der Waals surface area (Å²) in [5, 5.41) is 3.06. The standard InChI is InChI=1S/C25H32N2O5/c1-5-6-15-26-25(29)20-12-14-23(28)27(18-8-10-19(30-2)11-9-18)24(20)17-7-13-21(31-3)22(16-17)32-4/h7-11,13,16,20,24H,5-6,12,14-15H2,1-4H3,(H,26,29)/t20-,24+/m0/s1. The lowest BCUT2D eigenvalue weighted by Gasteiger charge is -2.41. The highest BCUT2D eigenvalue weighted by Gasteiger charge is 2.41. The number of nitrogens with zero attached hydrogens (tertiary/aromatic N) is 1. The van der Waals surface area contributed by atoms with Crippen molar-refractivity contribution in [2.45, 2.75) is 38.6 Å². The molecule has 0 aromatic heterocycles. The zero-order chi connectivity index (χ0) is 23.1. The normalized spacial score (nSPS) is 18.2. The van der Waals surface area contributed by atoms with Crippen LogP contribution in [-0.4, -0.2) is 39.7 Å². The molecule has 0 unspecified atom stereocenters. The van der Waals surface area contributed by atoms with Crippen molar-refractivity contribution >= 4 is 17.5 Å². The summed E-state index contributed by atoms with van der Waals surface area (Å²) in [5.74, 6) is 1.41. The van der Waals surface area contributed by atoms with Crippen molar-refractivity contribution in [2.24, 2.45) is 5.92 Å². The van der Waals surface area contributed by atoms with E-state index in [1.54, 1.807) is 26.2 Å². The molecule has 0 aliphatic carbocycles. The van der Waals surface area contributed by atoms with Crippen molar-refractivity contribution in [3.8, 4) is 17.2 Å². The molecule has 32 heavy (non-hydrogen) atoms. The maximum Gasteiger partial charge on any atom is 0.227 e. The number of unbranched alkanes of at least 4 members (excludes halogenated alkanes) is 1. The smallest absolute Gasteiger partial charge is 0.227 e. The number of anilines is 1. The van der Waals surface area contributed by atoms with E-state index in [0.717, 1.165) is 24.1 Å². The van der Waals surface area contributed by atoms with Crippen molar-refractivity contribution in [1.29, 1.82) is 0 Å². The van der Waals surface area contributed by atoms with E-state index in [4.69, 9.17) is 14.2 Å². The van der Waals surface area contributed by atoms with Crippen LogP contribution in [0, 0.1) is 5.92 Å². The number of hydrogen-bond acceptors (Lipinski definition) is 5. The molecule has 1 heterocycles. The Hall–Kier alpha value is -3.22. The summed E-state index contributed by atoms with van der Waals surface area (Å²) in [4.78, 5) is 28.1. The van der Waals surface area contributed by atoms with E-state index in [-0.39, 0.29) is 17.7 Å². The molecule has 2 atom stereocenters. The second-order valence-electron chi connectivity index (χ2n) is 7.81. The summed E-state index contributed by atoms with van der Waals surface area (Å²) in [6, 6.07) is 12.4. The van der Waals surface area contributed by atoms with Gasteiger partial charge in [-0.1, -0.05) is 19.4 Å². The van der Waals surface area contributed by atoms with Gasteiger partial charge < -0.3 is 24.4 Å². The summed E-state index contributed by atoms with van der Waals surface area (Å²) in [6.45, 7) is 2.71. The van der Waals surface area contributed by atoms with E-state index in [9.17, 15) is 9.59 Å². The number of hydrogen-bond donors (Lipinski definition) is 1. The van der Waals surface area contributed by atoms with Gasteiger partial charge in [0.15, 0.2) is 11.5 Å². The summed E-state index contributed by atoms with van der Waals surface area (Å²) in [7, 11) is 4.75. The van der Waals surface area contributed by atoms with Crippen LogP contribution in [0.5, 0.6) is 17.2 Å². The average Bonchev–Trinajstić information content (AvgIpc) is 2.83. The number of benzene rings is 2. The minimum atomic E-state index is -0.467. The van der Waals surface area contributed by atoms with E-state index in [1.807, 2.05) is 42.5 Å². The molecular weight excluding hydrogens is 408 g/mol. The summed E-state index contributed by atoms with van der Waals surface area (Å²) in [5.41, 5.74) is 1.55. The maximum atomic E-state index is 13.2. The highest BCUT2D eigenvalue weighted by atomic mass is 16.5. The molecule has 0 radical (unpaired) electrons. The molecule has 2 aromatic carbocycles. The summed E-state index contributed by atoms with van der Waals surface area (Å²) >= 11 is 0. The van der Waals surface area contributed by atoms with E-state index < -0.39 is 6.04 Å². The molecule has 1 aliphatic rings. The van der Waals surface area contributed by atoms with Crippen molar-refractivity contribution in [1.82, 2.24) is 5.32 Å². The number of amides is 2. The lowest BCUT2D eigenvalue weighted by atomic mass is 9.83. The average molecular weight is 441 g/mol. The fourth-order valence-electron chi connectivity index (χ4n) is 4.15. The second-order valence-corrected chi connectivity index (χ2v) is 7.81. The summed E-state index contributed by atoms with van der Waals surface area (Å²) < 4.78 is 16.1. The van der Waals surface area contributed by atoms with Gasteiger partial charge in [0.25, 0.3) is 0 Å². The first kappa shape index (κ1) is 23.4. The number of methoxy groups -OCH3 is 3. The van der Waals surface area contributed by atoms with Gasteiger partial charge in [0, 0.05) is 18.7 Å². The van der Waals surface area contributed by atoms with Crippen LogP contribution in [0.15, 0.2) is 42.5 Å². The first-order chi connectivity index (χ1) is 15.5. The second kappa shape index (κ2) is 10.9. The van der Waals surface area contributed by atoms with Crippen LogP contribution in [0.3, 0.4) is 0 Å². The first-order valence-electron chi connectivity index (χ1n) is 11.0. The van der Waals surface area contributed by atoms with Crippen LogP contribution in [0.4, 0.5) is 5.69 Å². The van der Waals surface area contributed by atoms with E-state index in [1.165, 1.54) is 0 Å². The van der Waals surface area contributed by atoms with Gasteiger partial charge in [0.05, 0.1) is 33.3 Å². The minimum Gasteiger partial charge on any atom is -0.497 e. The zero-order valence-electron chi connectivity index (χ0n) is 19.2. The van der Waals surface area contributed by atoms with Gasteiger partial charge in [-0.25, -0.2) is 0 Å². The quantitative estimate of drug-likeness (QED) is 0.594. The lowest BCUT2D eigenvalue weighted by molar-refractivity contribution is -0.129. The molecule has 172 valence electrons. The highest BCUT2D eigenvalue weighted by molar-refractivity contribution is 5.97. The Labute approximate surface area is 189 Å². The number of rotatable bonds is 9. The Balaban J connectivity index is 2.05. The Bertz CT molecular complexity index is 928. The number of ether oxygens (including phenoxy) is 3. The van der Waals surface area contributed by atoms with Crippen molar-refractivity contribution in [2.75, 3.05) is 32.8 Å². The van der Waals surface area contributed by atoms with Crippen LogP contribution in [0.25, 0.3) is 0 Å². The zero-order valence-corrected chi connectivity index (χ0v) is 19.2. The van der Waals surface area contributed by atoms with Crippen LogP contribution in [0.1, 0.15) is 44.2 Å². The maximum absolute atomic E-state index is 13.2. The SMILES string of the molecule is CCCCNC(=O)[C@H]1CCC(=O)N(c2ccc(OC)cc2)[C@@H]1c1ccc(OC)c(OC)c1. The Morgan fingerprint density at radius 2 is 1.75 bits per heavy atom. The molecule has 7 nitrogen and oxygen atoms in total. The number of carbonyl (C=O) groups excluding carboxylic acids is 2. The Morgan fingerprint density at radius 3 is 2.38 bits per heavy atom. The van der Waals surface area contributed by atoms with E-state index in [0.29, 0.717) is 36.6 Å². The minimum absolute atomic E-state index is 0.0208. The topological polar surface area (TPSA) is 77.1 Å². The van der Waals surface area contributed by atoms with Crippen LogP contribution in [-0.2, 0) is 9.59 Å². The molecule has 0 spiro atoms. The predicted molar refractivity (Wildman–Crippen MR) is 123 cm³/mol. The van der Waals surface area contributed by atoms with Crippen LogP contribution < -0.4 is 24.4 Å². The predicted octanol–water partition coefficient (Wildman–Crippen LogP) is 4.11. The lowest BCUT2D eigenvalue weighted by Crippen LogP contribution is -2.48. The van der Waals surface area contributed by atoms with Gasteiger partial charge in [-0.05, 0) is 54.8 Å². The number of piperidine rings is 1. The van der Waals surface area contributed by atoms with Gasteiger partial charge in [0.1, 0.15) is 5.75 Å². The first-order valence-corrected chi connectivity index (χ1v) is 11.0.